The molecule has 0 spiro atoms. The quantitative estimate of drug-likeness (QED) is 0.258. The summed E-state index contributed by atoms with van der Waals surface area (Å²) in [6, 6.07) is 0. The predicted molar refractivity (Wildman–Crippen MR) is 24.1 cm³/mol. The van der Waals surface area contributed by atoms with Crippen molar-refractivity contribution in [2.45, 2.75) is 6.92 Å². The van der Waals surface area contributed by atoms with Crippen molar-refractivity contribution < 1.29 is 4.84 Å². The van der Waals surface area contributed by atoms with Crippen LogP contribution in [0.5, 0.6) is 0 Å². The second-order valence-electron chi connectivity index (χ2n) is 0.572. The average Bonchev–Trinajstić information content (AvgIpc) is 1.61. The lowest BCUT2D eigenvalue weighted by molar-refractivity contribution is 0.303. The van der Waals surface area contributed by atoms with E-state index in [1.54, 1.807) is 6.92 Å². The summed E-state index contributed by atoms with van der Waals surface area (Å²) in [5, 5.41) is 3.00. The van der Waals surface area contributed by atoms with Gasteiger partial charge in [0.15, 0.2) is 0 Å². The zero-order valence-electron chi connectivity index (χ0n) is 3.56. The number of oxime groups is 1. The molecule has 0 fully saturated rings. The molecule has 0 aliphatic carbocycles. The van der Waals surface area contributed by atoms with Gasteiger partial charge in [-0.05, 0) is 0 Å². The van der Waals surface area contributed by atoms with Crippen LogP contribution in [0.1, 0.15) is 6.92 Å². The first-order chi connectivity index (χ1) is 2.91. The molecule has 0 atom stereocenters. The summed E-state index contributed by atoms with van der Waals surface area (Å²) in [4.78, 5) is 4.14. The summed E-state index contributed by atoms with van der Waals surface area (Å²) in [7, 11) is 0. The Kier molecular flexibility index (Phi) is 3.38. The molecule has 2 heteroatoms. The molecule has 0 aliphatic rings. The Hall–Kier alpha value is -0.970. The molecule has 0 bridgehead atoms. The lowest BCUT2D eigenvalue weighted by atomic mass is 10.8. The maximum Gasteiger partial charge on any atom is 0.148 e. The first kappa shape index (κ1) is 5.03. The number of hydrogen-bond acceptors (Lipinski definition) is 2. The Labute approximate surface area is 36.8 Å². The lowest BCUT2D eigenvalue weighted by Crippen LogP contribution is -1.58. The normalized spacial score (nSPS) is 4.83. The van der Waals surface area contributed by atoms with Crippen LogP contribution in [0.2, 0.25) is 0 Å². The van der Waals surface area contributed by atoms with Crippen molar-refractivity contribution in [2.75, 3.05) is 0 Å². The van der Waals surface area contributed by atoms with E-state index in [4.69, 9.17) is 0 Å². The SMILES string of the molecule is C=NOC#CC. The standard InChI is InChI=1S/C4H5NO/c1-3-4-6-5-2/h2H2,1H3. The molecule has 6 heavy (non-hydrogen) atoms. The Balaban J connectivity index is 3.00. The molecule has 0 amide bonds. The van der Waals surface area contributed by atoms with Crippen LogP contribution in [0.3, 0.4) is 0 Å². The minimum atomic E-state index is 1.66. The first-order valence-corrected chi connectivity index (χ1v) is 1.45. The van der Waals surface area contributed by atoms with E-state index in [2.05, 4.69) is 28.7 Å². The molecule has 0 aromatic rings. The number of rotatable bonds is 1. The zero-order chi connectivity index (χ0) is 4.83. The van der Waals surface area contributed by atoms with Gasteiger partial charge in [-0.15, -0.1) is 0 Å². The van der Waals surface area contributed by atoms with Gasteiger partial charge in [0.25, 0.3) is 0 Å². The molecule has 0 radical (unpaired) electrons. The zero-order valence-corrected chi connectivity index (χ0v) is 3.56. The van der Waals surface area contributed by atoms with Crippen molar-refractivity contribution in [3.05, 3.63) is 0 Å². The molecule has 0 aliphatic heterocycles. The third-order valence-corrected chi connectivity index (χ3v) is 0.212. The molecule has 0 saturated heterocycles. The van der Waals surface area contributed by atoms with E-state index >= 15 is 0 Å². The highest BCUT2D eigenvalue weighted by Gasteiger charge is 1.51. The summed E-state index contributed by atoms with van der Waals surface area (Å²) in [5.41, 5.74) is 0. The van der Waals surface area contributed by atoms with Crippen molar-refractivity contribution in [3.63, 3.8) is 0 Å². The topological polar surface area (TPSA) is 21.6 Å². The molecule has 0 rings (SSSR count). The Bertz CT molecular complexity index is 87.5. The van der Waals surface area contributed by atoms with Gasteiger partial charge in [0.1, 0.15) is 6.11 Å². The van der Waals surface area contributed by atoms with Crippen molar-refractivity contribution in [3.8, 4) is 12.0 Å². The van der Waals surface area contributed by atoms with Gasteiger partial charge in [0.2, 0.25) is 0 Å². The highest BCUT2D eigenvalue weighted by molar-refractivity contribution is 5.21. The molecular formula is C4H5NO. The highest BCUT2D eigenvalue weighted by atomic mass is 16.6. The van der Waals surface area contributed by atoms with Gasteiger partial charge in [-0.25, -0.2) is 0 Å². The second kappa shape index (κ2) is 4.03. The maximum atomic E-state index is 4.14. The summed E-state index contributed by atoms with van der Waals surface area (Å²) in [6.07, 6.45) is 2.22. The van der Waals surface area contributed by atoms with Gasteiger partial charge < -0.3 is 4.84 Å². The van der Waals surface area contributed by atoms with E-state index in [0.717, 1.165) is 0 Å². The maximum absolute atomic E-state index is 4.14. The van der Waals surface area contributed by atoms with Gasteiger partial charge in [-0.2, -0.15) is 0 Å². The largest absolute Gasteiger partial charge is 0.304 e. The smallest absolute Gasteiger partial charge is 0.148 e. The van der Waals surface area contributed by atoms with E-state index in [9.17, 15) is 0 Å². The third kappa shape index (κ3) is 3.03. The average molecular weight is 83.1 g/mol. The van der Waals surface area contributed by atoms with Crippen molar-refractivity contribution in [1.82, 2.24) is 0 Å². The summed E-state index contributed by atoms with van der Waals surface area (Å²) in [5.74, 6) is 2.46. The van der Waals surface area contributed by atoms with E-state index in [1.807, 2.05) is 0 Å². The van der Waals surface area contributed by atoms with Crippen molar-refractivity contribution in [1.29, 1.82) is 0 Å². The molecule has 2 nitrogen and oxygen atoms in total. The Morgan fingerprint density at radius 1 is 1.83 bits per heavy atom. The molecular weight excluding hydrogens is 78.0 g/mol. The summed E-state index contributed by atoms with van der Waals surface area (Å²) < 4.78 is 0. The minimum Gasteiger partial charge on any atom is -0.304 e. The first-order valence-electron chi connectivity index (χ1n) is 1.45. The van der Waals surface area contributed by atoms with Crippen molar-refractivity contribution >= 4 is 6.72 Å². The second-order valence-corrected chi connectivity index (χ2v) is 0.572. The highest BCUT2D eigenvalue weighted by Crippen LogP contribution is 1.61. The third-order valence-electron chi connectivity index (χ3n) is 0.212. The van der Waals surface area contributed by atoms with E-state index in [-0.39, 0.29) is 0 Å². The monoisotopic (exact) mass is 83.0 g/mol. The van der Waals surface area contributed by atoms with E-state index in [1.165, 1.54) is 0 Å². The fourth-order valence-corrected chi connectivity index (χ4v) is 0.0779. The van der Waals surface area contributed by atoms with Crippen LogP contribution in [-0.4, -0.2) is 6.72 Å². The van der Waals surface area contributed by atoms with Crippen LogP contribution < -0.4 is 0 Å². The fraction of sp³-hybridized carbons (Fsp3) is 0.250. The molecule has 0 unspecified atom stereocenters. The van der Waals surface area contributed by atoms with Gasteiger partial charge in [-0.3, -0.25) is 0 Å². The molecule has 0 aromatic carbocycles. The van der Waals surface area contributed by atoms with Crippen LogP contribution in [0.25, 0.3) is 0 Å². The summed E-state index contributed by atoms with van der Waals surface area (Å²) >= 11 is 0. The lowest BCUT2D eigenvalue weighted by Gasteiger charge is -1.70. The van der Waals surface area contributed by atoms with Crippen molar-refractivity contribution in [2.24, 2.45) is 5.16 Å². The van der Waals surface area contributed by atoms with Crippen LogP contribution >= 0.6 is 0 Å². The van der Waals surface area contributed by atoms with Crippen LogP contribution in [0.15, 0.2) is 5.16 Å². The summed E-state index contributed by atoms with van der Waals surface area (Å²) in [6.45, 7) is 4.68. The Morgan fingerprint density at radius 2 is 2.50 bits per heavy atom. The molecule has 0 aromatic heterocycles. The van der Waals surface area contributed by atoms with Crippen LogP contribution in [0, 0.1) is 12.0 Å². The van der Waals surface area contributed by atoms with Gasteiger partial charge in [0, 0.05) is 13.6 Å². The molecule has 0 N–H and O–H groups in total. The minimum absolute atomic E-state index is 1.66. The number of hydrogen-bond donors (Lipinski definition) is 0. The molecule has 0 heterocycles. The number of nitrogens with zero attached hydrogens (tertiary/aromatic N) is 1. The van der Waals surface area contributed by atoms with Gasteiger partial charge >= 0.3 is 0 Å². The molecule has 32 valence electrons. The Morgan fingerprint density at radius 3 is 2.67 bits per heavy atom. The van der Waals surface area contributed by atoms with Crippen LogP contribution in [0.4, 0.5) is 0 Å². The fourth-order valence-electron chi connectivity index (χ4n) is 0.0779. The predicted octanol–water partition coefficient (Wildman–Crippen LogP) is 0.599. The van der Waals surface area contributed by atoms with Gasteiger partial charge in [-0.1, -0.05) is 11.1 Å². The van der Waals surface area contributed by atoms with E-state index < -0.39 is 0 Å². The van der Waals surface area contributed by atoms with E-state index in [0.29, 0.717) is 0 Å². The van der Waals surface area contributed by atoms with Crippen LogP contribution in [-0.2, 0) is 4.84 Å². The molecule has 0 saturated carbocycles. The van der Waals surface area contributed by atoms with Gasteiger partial charge in [0.05, 0.1) is 0 Å².